The number of ether oxygens (including phenoxy) is 2. The fourth-order valence-corrected chi connectivity index (χ4v) is 1.72. The number of carbonyl (C=O) groups excluding carboxylic acids is 1. The van der Waals surface area contributed by atoms with Crippen molar-refractivity contribution in [3.05, 3.63) is 35.9 Å². The molecule has 3 N–H and O–H groups in total. The van der Waals surface area contributed by atoms with Crippen LogP contribution < -0.4 is 11.1 Å². The molecule has 0 fully saturated rings. The molecule has 0 bridgehead atoms. The van der Waals surface area contributed by atoms with Crippen molar-refractivity contribution in [2.75, 3.05) is 33.5 Å². The lowest BCUT2D eigenvalue weighted by Crippen LogP contribution is -2.42. The van der Waals surface area contributed by atoms with Crippen LogP contribution in [0.3, 0.4) is 0 Å². The summed E-state index contributed by atoms with van der Waals surface area (Å²) in [6.45, 7) is 2.04. The zero-order chi connectivity index (χ0) is 14.6. The summed E-state index contributed by atoms with van der Waals surface area (Å²) in [6, 6.07) is 9.54. The zero-order valence-electron chi connectivity index (χ0n) is 12.0. The number of nitrogens with two attached hydrogens (primary N) is 1. The summed E-state index contributed by atoms with van der Waals surface area (Å²) in [4.78, 5) is 11.7. The molecular formula is C15H24N2O3. The van der Waals surface area contributed by atoms with Gasteiger partial charge in [0.2, 0.25) is 5.91 Å². The van der Waals surface area contributed by atoms with Crippen molar-refractivity contribution in [3.63, 3.8) is 0 Å². The van der Waals surface area contributed by atoms with E-state index in [-0.39, 0.29) is 5.91 Å². The number of hydrogen-bond donors (Lipinski definition) is 2. The van der Waals surface area contributed by atoms with Gasteiger partial charge in [0.25, 0.3) is 0 Å². The van der Waals surface area contributed by atoms with E-state index in [1.54, 1.807) is 7.11 Å². The summed E-state index contributed by atoms with van der Waals surface area (Å²) in [5.41, 5.74) is 7.05. The van der Waals surface area contributed by atoms with Crippen LogP contribution in [0, 0.1) is 0 Å². The minimum absolute atomic E-state index is 0.128. The first kappa shape index (κ1) is 16.6. The predicted octanol–water partition coefficient (Wildman–Crippen LogP) is 0.726. The highest BCUT2D eigenvalue weighted by Gasteiger charge is 2.12. The highest BCUT2D eigenvalue weighted by atomic mass is 16.5. The Balaban J connectivity index is 2.10. The van der Waals surface area contributed by atoms with Crippen molar-refractivity contribution in [2.24, 2.45) is 5.73 Å². The van der Waals surface area contributed by atoms with Crippen molar-refractivity contribution in [3.8, 4) is 0 Å². The first-order chi connectivity index (χ1) is 9.74. The van der Waals surface area contributed by atoms with Crippen molar-refractivity contribution >= 4 is 5.91 Å². The molecule has 1 amide bonds. The zero-order valence-corrected chi connectivity index (χ0v) is 12.0. The van der Waals surface area contributed by atoms with Gasteiger partial charge in [-0.3, -0.25) is 4.79 Å². The maximum absolute atomic E-state index is 11.7. The van der Waals surface area contributed by atoms with Crippen LogP contribution >= 0.6 is 0 Å². The minimum Gasteiger partial charge on any atom is -0.382 e. The summed E-state index contributed by atoms with van der Waals surface area (Å²) >= 11 is 0. The van der Waals surface area contributed by atoms with Crippen molar-refractivity contribution in [1.82, 2.24) is 5.32 Å². The van der Waals surface area contributed by atoms with Gasteiger partial charge in [0.05, 0.1) is 25.9 Å². The van der Waals surface area contributed by atoms with E-state index in [4.69, 9.17) is 15.2 Å². The molecular weight excluding hydrogens is 256 g/mol. The molecule has 5 heteroatoms. The number of rotatable bonds is 10. The number of amides is 1. The molecule has 0 radical (unpaired) electrons. The lowest BCUT2D eigenvalue weighted by atomic mass is 10.1. The second kappa shape index (κ2) is 10.4. The molecule has 0 aliphatic heterocycles. The Hall–Kier alpha value is -1.43. The van der Waals surface area contributed by atoms with E-state index in [0.29, 0.717) is 32.8 Å². The molecule has 1 rings (SSSR count). The Morgan fingerprint density at radius 3 is 2.70 bits per heavy atom. The Labute approximate surface area is 120 Å². The molecule has 0 unspecified atom stereocenters. The lowest BCUT2D eigenvalue weighted by molar-refractivity contribution is -0.122. The predicted molar refractivity (Wildman–Crippen MR) is 78.4 cm³/mol. The highest BCUT2D eigenvalue weighted by molar-refractivity contribution is 5.81. The second-order valence-electron chi connectivity index (χ2n) is 4.53. The molecule has 0 saturated heterocycles. The summed E-state index contributed by atoms with van der Waals surface area (Å²) < 4.78 is 10.1. The van der Waals surface area contributed by atoms with E-state index < -0.39 is 6.04 Å². The second-order valence-corrected chi connectivity index (χ2v) is 4.53. The third kappa shape index (κ3) is 7.23. The van der Waals surface area contributed by atoms with E-state index in [0.717, 1.165) is 6.42 Å². The smallest absolute Gasteiger partial charge is 0.237 e. The fourth-order valence-electron chi connectivity index (χ4n) is 1.72. The van der Waals surface area contributed by atoms with Crippen LogP contribution in [-0.2, 0) is 20.7 Å². The van der Waals surface area contributed by atoms with Gasteiger partial charge in [0.1, 0.15) is 0 Å². The Kier molecular flexibility index (Phi) is 8.62. The van der Waals surface area contributed by atoms with Gasteiger partial charge in [0, 0.05) is 13.7 Å². The maximum atomic E-state index is 11.7. The third-order valence-corrected chi connectivity index (χ3v) is 2.90. The molecule has 0 aliphatic rings. The first-order valence-corrected chi connectivity index (χ1v) is 6.88. The van der Waals surface area contributed by atoms with Crippen molar-refractivity contribution in [2.45, 2.75) is 18.9 Å². The monoisotopic (exact) mass is 280 g/mol. The van der Waals surface area contributed by atoms with Gasteiger partial charge in [-0.15, -0.1) is 0 Å². The summed E-state index contributed by atoms with van der Waals surface area (Å²) in [5, 5.41) is 2.77. The normalized spacial score (nSPS) is 12.1. The van der Waals surface area contributed by atoms with Crippen LogP contribution in [0.1, 0.15) is 12.0 Å². The topological polar surface area (TPSA) is 73.6 Å². The molecule has 1 atom stereocenters. The number of hydrogen-bond acceptors (Lipinski definition) is 4. The molecule has 112 valence electrons. The number of methoxy groups -OCH3 is 1. The average Bonchev–Trinajstić information content (AvgIpc) is 2.49. The molecule has 20 heavy (non-hydrogen) atoms. The number of benzene rings is 1. The Bertz CT molecular complexity index is 371. The van der Waals surface area contributed by atoms with Gasteiger partial charge >= 0.3 is 0 Å². The Morgan fingerprint density at radius 2 is 2.00 bits per heavy atom. The van der Waals surface area contributed by atoms with E-state index in [2.05, 4.69) is 5.32 Å². The van der Waals surface area contributed by atoms with Crippen LogP contribution in [0.25, 0.3) is 0 Å². The average molecular weight is 280 g/mol. The van der Waals surface area contributed by atoms with E-state index >= 15 is 0 Å². The summed E-state index contributed by atoms with van der Waals surface area (Å²) in [5.74, 6) is -0.128. The molecule has 5 nitrogen and oxygen atoms in total. The maximum Gasteiger partial charge on any atom is 0.237 e. The van der Waals surface area contributed by atoms with E-state index in [1.807, 2.05) is 30.3 Å². The van der Waals surface area contributed by atoms with Crippen molar-refractivity contribution < 1.29 is 14.3 Å². The minimum atomic E-state index is -0.478. The largest absolute Gasteiger partial charge is 0.382 e. The number of nitrogens with one attached hydrogen (secondary N) is 1. The molecule has 0 saturated carbocycles. The molecule has 0 spiro atoms. The quantitative estimate of drug-likeness (QED) is 0.620. The van der Waals surface area contributed by atoms with E-state index in [9.17, 15) is 4.79 Å². The van der Waals surface area contributed by atoms with Crippen LogP contribution in [0.5, 0.6) is 0 Å². The van der Waals surface area contributed by atoms with Crippen LogP contribution in [0.15, 0.2) is 30.3 Å². The van der Waals surface area contributed by atoms with E-state index in [1.165, 1.54) is 5.56 Å². The third-order valence-electron chi connectivity index (χ3n) is 2.90. The fraction of sp³-hybridized carbons (Fsp3) is 0.533. The SMILES string of the molecule is COCCOCCNC(=O)[C@@H](N)CCc1ccccc1. The Morgan fingerprint density at radius 1 is 1.25 bits per heavy atom. The lowest BCUT2D eigenvalue weighted by Gasteiger charge is -2.12. The molecule has 0 heterocycles. The van der Waals surface area contributed by atoms with Gasteiger partial charge in [0.15, 0.2) is 0 Å². The van der Waals surface area contributed by atoms with Crippen LogP contribution in [-0.4, -0.2) is 45.4 Å². The summed E-state index contributed by atoms with van der Waals surface area (Å²) in [7, 11) is 1.62. The standard InChI is InChI=1S/C15H24N2O3/c1-19-11-12-20-10-9-17-15(18)14(16)8-7-13-5-3-2-4-6-13/h2-6,14H,7-12,16H2,1H3,(H,17,18)/t14-/m0/s1. The first-order valence-electron chi connectivity index (χ1n) is 6.88. The van der Waals surface area contributed by atoms with Gasteiger partial charge < -0.3 is 20.5 Å². The molecule has 0 aliphatic carbocycles. The highest BCUT2D eigenvalue weighted by Crippen LogP contribution is 2.03. The summed E-state index contributed by atoms with van der Waals surface area (Å²) in [6.07, 6.45) is 1.44. The van der Waals surface area contributed by atoms with Crippen LogP contribution in [0.4, 0.5) is 0 Å². The number of aryl methyl sites for hydroxylation is 1. The van der Waals surface area contributed by atoms with Crippen LogP contribution in [0.2, 0.25) is 0 Å². The molecule has 1 aromatic rings. The van der Waals surface area contributed by atoms with Gasteiger partial charge in [-0.2, -0.15) is 0 Å². The molecule has 1 aromatic carbocycles. The van der Waals surface area contributed by atoms with Gasteiger partial charge in [-0.1, -0.05) is 30.3 Å². The van der Waals surface area contributed by atoms with Gasteiger partial charge in [-0.25, -0.2) is 0 Å². The van der Waals surface area contributed by atoms with Crippen molar-refractivity contribution in [1.29, 1.82) is 0 Å². The van der Waals surface area contributed by atoms with Gasteiger partial charge in [-0.05, 0) is 18.4 Å². The molecule has 0 aromatic heterocycles. The number of carbonyl (C=O) groups is 1.